The minimum atomic E-state index is -4.96. The largest absolute Gasteiger partial charge is 0.472 e. The molecule has 103 heavy (non-hydrogen) atoms. The van der Waals surface area contributed by atoms with Gasteiger partial charge in [0.2, 0.25) is 0 Å². The number of esters is 4. The second kappa shape index (κ2) is 72.9. The SMILES string of the molecule is CCC(C)CCCCCCCCCCCCCCCCCCCCC(=O)O[C@H](COC(=O)CCCCCCCCCC(C)C)COP(=O)(O)OCC(O)COP(=O)(O)OC[C@@H](COC(=O)CCCCCCCCCCCCCCCCC(C)C)OC(=O)CCCCCCCCCCCCC(C)CC. The van der Waals surface area contributed by atoms with E-state index in [-0.39, 0.29) is 25.7 Å². The van der Waals surface area contributed by atoms with Crippen molar-refractivity contribution in [3.8, 4) is 0 Å². The minimum absolute atomic E-state index is 0.106. The number of ether oxygens (including phenoxy) is 4. The van der Waals surface area contributed by atoms with Gasteiger partial charge in [-0.25, -0.2) is 9.13 Å². The van der Waals surface area contributed by atoms with E-state index >= 15 is 0 Å². The zero-order valence-corrected chi connectivity index (χ0v) is 69.7. The van der Waals surface area contributed by atoms with Crippen molar-refractivity contribution in [2.24, 2.45) is 23.7 Å². The van der Waals surface area contributed by atoms with Crippen LogP contribution in [0.4, 0.5) is 0 Å². The van der Waals surface area contributed by atoms with Gasteiger partial charge in [0.25, 0.3) is 0 Å². The second-order valence-corrected chi connectivity index (χ2v) is 34.6. The molecule has 3 N–H and O–H groups in total. The second-order valence-electron chi connectivity index (χ2n) is 31.7. The Bertz CT molecular complexity index is 2010. The molecule has 0 radical (unpaired) electrons. The molecule has 0 bridgehead atoms. The average molecular weight is 1510 g/mol. The molecule has 7 atom stereocenters. The Morgan fingerprint density at radius 3 is 0.689 bits per heavy atom. The van der Waals surface area contributed by atoms with Crippen LogP contribution in [0.3, 0.4) is 0 Å². The standard InChI is InChI=1S/C84H164O17P2/c1-9-76(7)62-54-46-38-30-24-20-15-13-11-12-14-16-22-26-33-41-50-58-66-83(88)101-80(71-95-82(87)65-57-49-43-35-37-45-53-61-75(5)6)73-99-103(92,93)97-69-78(85)68-96-102(90,91)98-72-79(100-84(89)67-59-51-42-34-28-27-31-39-47-55-63-77(8)10-2)70-94-81(86)64-56-48-40-32-25-21-18-17-19-23-29-36-44-52-60-74(3)4/h74-80,85H,9-73H2,1-8H3,(H,90,91)(H,92,93)/t76?,77?,78?,79-,80-/m1/s1. The fourth-order valence-electron chi connectivity index (χ4n) is 12.9. The van der Waals surface area contributed by atoms with Crippen LogP contribution >= 0.6 is 15.6 Å². The Kier molecular flexibility index (Phi) is 71.5. The van der Waals surface area contributed by atoms with Crippen LogP contribution in [0.25, 0.3) is 0 Å². The van der Waals surface area contributed by atoms with Crippen LogP contribution in [0.2, 0.25) is 0 Å². The van der Waals surface area contributed by atoms with E-state index in [2.05, 4.69) is 55.4 Å². The molecular formula is C84H164O17P2. The van der Waals surface area contributed by atoms with Crippen molar-refractivity contribution < 1.29 is 80.2 Å². The number of aliphatic hydroxyl groups excluding tert-OH is 1. The molecule has 0 fully saturated rings. The topological polar surface area (TPSA) is 237 Å². The van der Waals surface area contributed by atoms with E-state index in [1.54, 1.807) is 0 Å². The van der Waals surface area contributed by atoms with E-state index in [0.29, 0.717) is 31.6 Å². The van der Waals surface area contributed by atoms with Crippen molar-refractivity contribution >= 4 is 39.5 Å². The Hall–Kier alpha value is -1.94. The van der Waals surface area contributed by atoms with Crippen LogP contribution in [0.15, 0.2) is 0 Å². The van der Waals surface area contributed by atoms with Gasteiger partial charge in [0, 0.05) is 25.7 Å². The lowest BCUT2D eigenvalue weighted by molar-refractivity contribution is -0.161. The highest BCUT2D eigenvalue weighted by atomic mass is 31.2. The van der Waals surface area contributed by atoms with Gasteiger partial charge in [0.05, 0.1) is 26.4 Å². The fourth-order valence-corrected chi connectivity index (χ4v) is 14.5. The molecule has 0 aliphatic carbocycles. The van der Waals surface area contributed by atoms with Crippen LogP contribution < -0.4 is 0 Å². The van der Waals surface area contributed by atoms with Gasteiger partial charge in [0.1, 0.15) is 19.3 Å². The van der Waals surface area contributed by atoms with Crippen LogP contribution in [0.5, 0.6) is 0 Å². The zero-order chi connectivity index (χ0) is 76.0. The van der Waals surface area contributed by atoms with E-state index in [1.165, 1.54) is 231 Å². The van der Waals surface area contributed by atoms with Crippen LogP contribution in [0.1, 0.15) is 434 Å². The van der Waals surface area contributed by atoms with E-state index in [0.717, 1.165) is 114 Å². The molecule has 0 aliphatic heterocycles. The number of rotatable bonds is 81. The molecule has 0 amide bonds. The maximum Gasteiger partial charge on any atom is 0.472 e. The molecule has 5 unspecified atom stereocenters. The smallest absolute Gasteiger partial charge is 0.462 e. The highest BCUT2D eigenvalue weighted by Crippen LogP contribution is 2.45. The van der Waals surface area contributed by atoms with Crippen molar-refractivity contribution in [3.05, 3.63) is 0 Å². The first kappa shape index (κ1) is 101. The monoisotopic (exact) mass is 1510 g/mol. The maximum absolute atomic E-state index is 13.1. The molecule has 0 aliphatic rings. The third kappa shape index (κ3) is 75.3. The average Bonchev–Trinajstić information content (AvgIpc) is 2.01. The Labute approximate surface area is 632 Å². The van der Waals surface area contributed by atoms with E-state index in [1.807, 2.05) is 0 Å². The molecule has 0 aromatic carbocycles. The molecule has 0 spiro atoms. The summed E-state index contributed by atoms with van der Waals surface area (Å²) < 4.78 is 68.8. The van der Waals surface area contributed by atoms with Crippen molar-refractivity contribution in [2.45, 2.75) is 453 Å². The summed E-state index contributed by atoms with van der Waals surface area (Å²) in [5.41, 5.74) is 0. The van der Waals surface area contributed by atoms with E-state index in [9.17, 15) is 43.2 Å². The van der Waals surface area contributed by atoms with Gasteiger partial charge in [-0.3, -0.25) is 37.3 Å². The summed E-state index contributed by atoms with van der Waals surface area (Å²) >= 11 is 0. The highest BCUT2D eigenvalue weighted by molar-refractivity contribution is 7.47. The summed E-state index contributed by atoms with van der Waals surface area (Å²) in [4.78, 5) is 73.1. The first-order valence-corrected chi connectivity index (χ1v) is 46.3. The number of carbonyl (C=O) groups is 4. The summed E-state index contributed by atoms with van der Waals surface area (Å²) in [7, 11) is -9.93. The van der Waals surface area contributed by atoms with Gasteiger partial charge >= 0.3 is 39.5 Å². The van der Waals surface area contributed by atoms with E-state index < -0.39 is 97.5 Å². The molecular weight excluding hydrogens is 1340 g/mol. The molecule has 0 aromatic heterocycles. The molecule has 17 nitrogen and oxygen atoms in total. The molecule has 0 saturated heterocycles. The molecule has 0 saturated carbocycles. The summed E-state index contributed by atoms with van der Waals surface area (Å²) in [5.74, 6) is 1.07. The van der Waals surface area contributed by atoms with Crippen molar-refractivity contribution in [1.82, 2.24) is 0 Å². The van der Waals surface area contributed by atoms with Crippen LogP contribution in [-0.2, 0) is 65.4 Å². The van der Waals surface area contributed by atoms with Gasteiger partial charge in [-0.2, -0.15) is 0 Å². The minimum Gasteiger partial charge on any atom is -0.462 e. The summed E-state index contributed by atoms with van der Waals surface area (Å²) in [6.45, 7) is 14.3. The summed E-state index contributed by atoms with van der Waals surface area (Å²) in [6, 6.07) is 0. The van der Waals surface area contributed by atoms with Gasteiger partial charge in [-0.05, 0) is 49.4 Å². The van der Waals surface area contributed by atoms with Gasteiger partial charge in [0.15, 0.2) is 12.2 Å². The lowest BCUT2D eigenvalue weighted by Crippen LogP contribution is -2.30. The normalized spacial score (nSPS) is 14.5. The first-order chi connectivity index (χ1) is 49.7. The molecule has 0 rings (SSSR count). The molecule has 0 heterocycles. The lowest BCUT2D eigenvalue weighted by atomic mass is 9.99. The molecule has 19 heteroatoms. The van der Waals surface area contributed by atoms with Crippen LogP contribution in [-0.4, -0.2) is 96.7 Å². The number of hydrogen-bond donors (Lipinski definition) is 3. The van der Waals surface area contributed by atoms with Crippen molar-refractivity contribution in [2.75, 3.05) is 39.6 Å². The van der Waals surface area contributed by atoms with Crippen LogP contribution in [0, 0.1) is 23.7 Å². The van der Waals surface area contributed by atoms with Gasteiger partial charge in [-0.1, -0.05) is 383 Å². The number of unbranched alkanes of at least 4 members (excludes halogenated alkanes) is 45. The highest BCUT2D eigenvalue weighted by Gasteiger charge is 2.30. The number of aliphatic hydroxyl groups is 1. The number of phosphoric ester groups is 2. The third-order valence-corrected chi connectivity index (χ3v) is 22.2. The number of phosphoric acid groups is 2. The summed E-state index contributed by atoms with van der Waals surface area (Å²) in [5, 5.41) is 10.7. The van der Waals surface area contributed by atoms with Crippen molar-refractivity contribution in [3.63, 3.8) is 0 Å². The number of hydrogen-bond acceptors (Lipinski definition) is 15. The molecule has 612 valence electrons. The maximum atomic E-state index is 13.1. The zero-order valence-electron chi connectivity index (χ0n) is 68.0. The predicted molar refractivity (Wildman–Crippen MR) is 423 cm³/mol. The quantitative estimate of drug-likeness (QED) is 0.0222. The summed E-state index contributed by atoms with van der Waals surface area (Å²) in [6.07, 6.45) is 61.1. The number of carbonyl (C=O) groups excluding carboxylic acids is 4. The fraction of sp³-hybridized carbons (Fsp3) is 0.952. The third-order valence-electron chi connectivity index (χ3n) is 20.3. The van der Waals surface area contributed by atoms with Crippen molar-refractivity contribution in [1.29, 1.82) is 0 Å². The molecule has 0 aromatic rings. The Morgan fingerprint density at radius 1 is 0.272 bits per heavy atom. The van der Waals surface area contributed by atoms with Gasteiger partial charge < -0.3 is 33.8 Å². The van der Waals surface area contributed by atoms with Gasteiger partial charge in [-0.15, -0.1) is 0 Å². The Morgan fingerprint density at radius 2 is 0.466 bits per heavy atom. The van der Waals surface area contributed by atoms with E-state index in [4.69, 9.17) is 37.0 Å². The first-order valence-electron chi connectivity index (χ1n) is 43.3. The lowest BCUT2D eigenvalue weighted by Gasteiger charge is -2.21. The predicted octanol–water partition coefficient (Wildman–Crippen LogP) is 25.2. The Balaban J connectivity index is 5.20.